The molecule has 1 aliphatic rings. The van der Waals surface area contributed by atoms with Crippen molar-refractivity contribution >= 4 is 17.5 Å². The third-order valence-electron chi connectivity index (χ3n) is 5.22. The zero-order valence-electron chi connectivity index (χ0n) is 15.7. The van der Waals surface area contributed by atoms with Crippen LogP contribution in [0.1, 0.15) is 37.7 Å². The van der Waals surface area contributed by atoms with Crippen LogP contribution in [0.3, 0.4) is 0 Å². The predicted octanol–water partition coefficient (Wildman–Crippen LogP) is 3.82. The third-order valence-corrected chi connectivity index (χ3v) is 5.22. The Morgan fingerprint density at radius 1 is 1.07 bits per heavy atom. The first-order chi connectivity index (χ1) is 13.5. The SMILES string of the molecule is NC(=O)COc1ccc(NC(=O)C2(Cc3cccc(F)c3)CCCCC2)cc1. The van der Waals surface area contributed by atoms with E-state index in [1.807, 2.05) is 6.07 Å². The van der Waals surface area contributed by atoms with E-state index in [1.54, 1.807) is 30.3 Å². The summed E-state index contributed by atoms with van der Waals surface area (Å²) in [6.45, 7) is -0.192. The minimum absolute atomic E-state index is 0.0396. The molecule has 1 aliphatic carbocycles. The maximum atomic E-state index is 13.6. The van der Waals surface area contributed by atoms with Crippen LogP contribution in [-0.2, 0) is 16.0 Å². The molecule has 0 atom stereocenters. The Bertz CT molecular complexity index is 830. The molecule has 0 radical (unpaired) electrons. The Kier molecular flexibility index (Phi) is 6.29. The van der Waals surface area contributed by atoms with Gasteiger partial charge in [-0.05, 0) is 61.2 Å². The summed E-state index contributed by atoms with van der Waals surface area (Å²) in [5, 5.41) is 3.00. The largest absolute Gasteiger partial charge is 0.484 e. The van der Waals surface area contributed by atoms with Crippen LogP contribution in [0.2, 0.25) is 0 Å². The molecule has 2 aromatic rings. The van der Waals surface area contributed by atoms with Gasteiger partial charge in [0.25, 0.3) is 5.91 Å². The topological polar surface area (TPSA) is 81.4 Å². The number of primary amides is 1. The van der Waals surface area contributed by atoms with Crippen LogP contribution in [0, 0.1) is 11.2 Å². The summed E-state index contributed by atoms with van der Waals surface area (Å²) < 4.78 is 18.8. The average Bonchev–Trinajstić information content (AvgIpc) is 2.68. The van der Waals surface area contributed by atoms with Crippen molar-refractivity contribution < 1.29 is 18.7 Å². The van der Waals surface area contributed by atoms with Crippen LogP contribution in [-0.4, -0.2) is 18.4 Å². The van der Waals surface area contributed by atoms with Crippen molar-refractivity contribution in [2.24, 2.45) is 11.1 Å². The molecule has 1 saturated carbocycles. The number of ether oxygens (including phenoxy) is 1. The Balaban J connectivity index is 1.72. The number of carbonyl (C=O) groups excluding carboxylic acids is 2. The fourth-order valence-corrected chi connectivity index (χ4v) is 3.80. The number of carbonyl (C=O) groups is 2. The van der Waals surface area contributed by atoms with Crippen molar-refractivity contribution in [3.05, 3.63) is 59.9 Å². The molecule has 0 spiro atoms. The molecule has 3 N–H and O–H groups in total. The fourth-order valence-electron chi connectivity index (χ4n) is 3.80. The number of anilines is 1. The van der Waals surface area contributed by atoms with Gasteiger partial charge in [-0.15, -0.1) is 0 Å². The van der Waals surface area contributed by atoms with E-state index in [4.69, 9.17) is 10.5 Å². The normalized spacial score (nSPS) is 15.6. The number of benzene rings is 2. The molecule has 148 valence electrons. The van der Waals surface area contributed by atoms with Crippen molar-refractivity contribution in [1.29, 1.82) is 0 Å². The molecular formula is C22H25FN2O3. The first-order valence-electron chi connectivity index (χ1n) is 9.54. The van der Waals surface area contributed by atoms with Crippen LogP contribution in [0.5, 0.6) is 5.75 Å². The highest BCUT2D eigenvalue weighted by molar-refractivity contribution is 5.95. The summed E-state index contributed by atoms with van der Waals surface area (Å²) in [5.74, 6) is -0.365. The van der Waals surface area contributed by atoms with Gasteiger partial charge in [0.05, 0.1) is 5.41 Å². The lowest BCUT2D eigenvalue weighted by Crippen LogP contribution is -2.40. The lowest BCUT2D eigenvalue weighted by atomic mass is 9.69. The number of hydrogen-bond donors (Lipinski definition) is 2. The summed E-state index contributed by atoms with van der Waals surface area (Å²) in [6.07, 6.45) is 5.19. The van der Waals surface area contributed by atoms with Gasteiger partial charge in [0.1, 0.15) is 11.6 Å². The lowest BCUT2D eigenvalue weighted by Gasteiger charge is -2.36. The zero-order chi connectivity index (χ0) is 20.0. The molecule has 0 saturated heterocycles. The van der Waals surface area contributed by atoms with Gasteiger partial charge in [0.2, 0.25) is 5.91 Å². The molecular weight excluding hydrogens is 359 g/mol. The summed E-state index contributed by atoms with van der Waals surface area (Å²) >= 11 is 0. The van der Waals surface area contributed by atoms with Gasteiger partial charge in [-0.25, -0.2) is 4.39 Å². The van der Waals surface area contributed by atoms with Crippen molar-refractivity contribution in [3.8, 4) is 5.75 Å². The van der Waals surface area contributed by atoms with Gasteiger partial charge in [-0.2, -0.15) is 0 Å². The van der Waals surface area contributed by atoms with E-state index >= 15 is 0 Å². The van der Waals surface area contributed by atoms with Gasteiger partial charge < -0.3 is 15.8 Å². The highest BCUT2D eigenvalue weighted by atomic mass is 19.1. The minimum atomic E-state index is -0.547. The molecule has 0 bridgehead atoms. The molecule has 6 heteroatoms. The number of halogens is 1. The van der Waals surface area contributed by atoms with Crippen molar-refractivity contribution in [3.63, 3.8) is 0 Å². The smallest absolute Gasteiger partial charge is 0.255 e. The highest BCUT2D eigenvalue weighted by Crippen LogP contribution is 2.40. The summed E-state index contributed by atoms with van der Waals surface area (Å²) in [4.78, 5) is 24.0. The molecule has 0 heterocycles. The van der Waals surface area contributed by atoms with E-state index in [1.165, 1.54) is 12.1 Å². The number of nitrogens with one attached hydrogen (secondary N) is 1. The third kappa shape index (κ3) is 5.09. The van der Waals surface area contributed by atoms with Crippen LogP contribution in [0.15, 0.2) is 48.5 Å². The Morgan fingerprint density at radius 2 is 1.79 bits per heavy atom. The van der Waals surface area contributed by atoms with Crippen LogP contribution < -0.4 is 15.8 Å². The van der Waals surface area contributed by atoms with Gasteiger partial charge in [0.15, 0.2) is 6.61 Å². The molecule has 5 nitrogen and oxygen atoms in total. The Labute approximate surface area is 164 Å². The first-order valence-corrected chi connectivity index (χ1v) is 9.54. The second kappa shape index (κ2) is 8.87. The van der Waals surface area contributed by atoms with Crippen LogP contribution >= 0.6 is 0 Å². The maximum absolute atomic E-state index is 13.6. The second-order valence-corrected chi connectivity index (χ2v) is 7.38. The van der Waals surface area contributed by atoms with Gasteiger partial charge in [-0.3, -0.25) is 9.59 Å². The number of nitrogens with two attached hydrogens (primary N) is 1. The summed E-state index contributed by atoms with van der Waals surface area (Å²) in [7, 11) is 0. The fraction of sp³-hybridized carbons (Fsp3) is 0.364. The number of hydrogen-bond acceptors (Lipinski definition) is 3. The van der Waals surface area contributed by atoms with E-state index in [0.717, 1.165) is 37.7 Å². The average molecular weight is 384 g/mol. The molecule has 0 aliphatic heterocycles. The maximum Gasteiger partial charge on any atom is 0.255 e. The lowest BCUT2D eigenvalue weighted by molar-refractivity contribution is -0.127. The van der Waals surface area contributed by atoms with Gasteiger partial charge in [-0.1, -0.05) is 31.4 Å². The van der Waals surface area contributed by atoms with Gasteiger partial charge >= 0.3 is 0 Å². The minimum Gasteiger partial charge on any atom is -0.484 e. The zero-order valence-corrected chi connectivity index (χ0v) is 15.7. The second-order valence-electron chi connectivity index (χ2n) is 7.38. The Morgan fingerprint density at radius 3 is 2.43 bits per heavy atom. The van der Waals surface area contributed by atoms with E-state index < -0.39 is 11.3 Å². The molecule has 0 unspecified atom stereocenters. The molecule has 3 rings (SSSR count). The molecule has 0 aromatic heterocycles. The van der Waals surface area contributed by atoms with E-state index in [2.05, 4.69) is 5.32 Å². The quantitative estimate of drug-likeness (QED) is 0.761. The van der Waals surface area contributed by atoms with Crippen molar-refractivity contribution in [2.45, 2.75) is 38.5 Å². The van der Waals surface area contributed by atoms with E-state index in [9.17, 15) is 14.0 Å². The standard InChI is InChI=1S/C22H25FN2O3/c23-17-6-4-5-16(13-17)14-22(11-2-1-3-12-22)21(27)25-18-7-9-19(10-8-18)28-15-20(24)26/h4-10,13H,1-3,11-12,14-15H2,(H2,24,26)(H,25,27). The van der Waals surface area contributed by atoms with Crippen molar-refractivity contribution in [2.75, 3.05) is 11.9 Å². The van der Waals surface area contributed by atoms with Crippen LogP contribution in [0.4, 0.5) is 10.1 Å². The number of amides is 2. The first kappa shape index (κ1) is 19.9. The highest BCUT2D eigenvalue weighted by Gasteiger charge is 2.39. The Hall–Kier alpha value is -2.89. The van der Waals surface area contributed by atoms with E-state index in [0.29, 0.717) is 17.9 Å². The summed E-state index contributed by atoms with van der Waals surface area (Å²) in [5.41, 5.74) is 6.02. The molecule has 2 aromatic carbocycles. The molecule has 28 heavy (non-hydrogen) atoms. The molecule has 2 amide bonds. The van der Waals surface area contributed by atoms with Crippen molar-refractivity contribution in [1.82, 2.24) is 0 Å². The summed E-state index contributed by atoms with van der Waals surface area (Å²) in [6, 6.07) is 13.3. The van der Waals surface area contributed by atoms with Gasteiger partial charge in [0, 0.05) is 5.69 Å². The predicted molar refractivity (Wildman–Crippen MR) is 105 cm³/mol. The number of rotatable bonds is 7. The molecule has 1 fully saturated rings. The monoisotopic (exact) mass is 384 g/mol. The van der Waals surface area contributed by atoms with Crippen LogP contribution in [0.25, 0.3) is 0 Å². The van der Waals surface area contributed by atoms with E-state index in [-0.39, 0.29) is 18.3 Å².